The lowest BCUT2D eigenvalue weighted by Crippen LogP contribution is -2.51. The van der Waals surface area contributed by atoms with Crippen LogP contribution in [-0.4, -0.2) is 83.8 Å². The minimum atomic E-state index is -0.171. The zero-order valence-electron chi connectivity index (χ0n) is 19.1. The van der Waals surface area contributed by atoms with E-state index in [1.54, 1.807) is 0 Å². The van der Waals surface area contributed by atoms with E-state index in [4.69, 9.17) is 0 Å². The third kappa shape index (κ3) is 5.64. The van der Waals surface area contributed by atoms with Crippen LogP contribution in [-0.2, 0) is 9.59 Å². The second-order valence-corrected chi connectivity index (χ2v) is 8.58. The van der Waals surface area contributed by atoms with Gasteiger partial charge in [-0.1, -0.05) is 18.2 Å². The molecule has 3 amide bonds. The Balaban J connectivity index is 1.48. The van der Waals surface area contributed by atoms with Crippen molar-refractivity contribution in [1.29, 1.82) is 0 Å². The van der Waals surface area contributed by atoms with Gasteiger partial charge in [-0.3, -0.25) is 19.3 Å². The van der Waals surface area contributed by atoms with Gasteiger partial charge in [-0.15, -0.1) is 0 Å². The Morgan fingerprint density at radius 1 is 1.03 bits per heavy atom. The van der Waals surface area contributed by atoms with Crippen molar-refractivity contribution in [1.82, 2.24) is 20.0 Å². The number of rotatable bonds is 7. The Labute approximate surface area is 185 Å². The maximum absolute atomic E-state index is 12.9. The van der Waals surface area contributed by atoms with Crippen molar-refractivity contribution in [3.63, 3.8) is 0 Å². The van der Waals surface area contributed by atoms with Crippen LogP contribution in [0.4, 0.5) is 0 Å². The predicted molar refractivity (Wildman–Crippen MR) is 121 cm³/mol. The molecule has 1 aromatic carbocycles. The highest BCUT2D eigenvalue weighted by Gasteiger charge is 2.35. The Kier molecular flexibility index (Phi) is 8.07. The van der Waals surface area contributed by atoms with Gasteiger partial charge in [0.25, 0.3) is 5.91 Å². The number of amides is 3. The van der Waals surface area contributed by atoms with Crippen molar-refractivity contribution in [3.05, 3.63) is 35.4 Å². The molecule has 7 heteroatoms. The molecule has 0 aliphatic carbocycles. The highest BCUT2D eigenvalue weighted by atomic mass is 16.2. The topological polar surface area (TPSA) is 73.0 Å². The van der Waals surface area contributed by atoms with Crippen molar-refractivity contribution < 1.29 is 14.4 Å². The van der Waals surface area contributed by atoms with Crippen LogP contribution in [0.1, 0.15) is 55.5 Å². The maximum Gasteiger partial charge on any atom is 0.251 e. The van der Waals surface area contributed by atoms with E-state index in [9.17, 15) is 14.4 Å². The fraction of sp³-hybridized carbons (Fsp3) is 0.625. The quantitative estimate of drug-likeness (QED) is 0.721. The lowest BCUT2D eigenvalue weighted by atomic mass is 10.0. The molecule has 3 rings (SSSR count). The van der Waals surface area contributed by atoms with Crippen LogP contribution in [0.2, 0.25) is 0 Å². The second-order valence-electron chi connectivity index (χ2n) is 8.58. The zero-order valence-corrected chi connectivity index (χ0v) is 19.1. The number of likely N-dealkylation sites (N-methyl/N-ethyl adjacent to an activating group) is 1. The van der Waals surface area contributed by atoms with Crippen LogP contribution in [0, 0.1) is 6.92 Å². The molecule has 7 nitrogen and oxygen atoms in total. The molecular weight excluding hydrogens is 392 g/mol. The molecule has 31 heavy (non-hydrogen) atoms. The van der Waals surface area contributed by atoms with E-state index in [0.29, 0.717) is 38.3 Å². The molecule has 1 unspecified atom stereocenters. The van der Waals surface area contributed by atoms with Gasteiger partial charge in [0.2, 0.25) is 11.8 Å². The average molecular weight is 429 g/mol. The largest absolute Gasteiger partial charge is 0.349 e. The minimum Gasteiger partial charge on any atom is -0.349 e. The van der Waals surface area contributed by atoms with Gasteiger partial charge in [0.1, 0.15) is 0 Å². The molecule has 2 fully saturated rings. The van der Waals surface area contributed by atoms with Crippen LogP contribution in [0.25, 0.3) is 0 Å². The summed E-state index contributed by atoms with van der Waals surface area (Å²) in [5.41, 5.74) is 1.67. The number of benzene rings is 1. The lowest BCUT2D eigenvalue weighted by molar-refractivity contribution is -0.138. The van der Waals surface area contributed by atoms with Crippen molar-refractivity contribution in [3.8, 4) is 0 Å². The maximum atomic E-state index is 12.9. The van der Waals surface area contributed by atoms with Crippen molar-refractivity contribution in [2.45, 2.75) is 58.5 Å². The molecule has 2 aliphatic heterocycles. The molecule has 0 saturated carbocycles. The summed E-state index contributed by atoms with van der Waals surface area (Å²) in [6, 6.07) is 7.49. The number of nitrogens with one attached hydrogen (secondary N) is 1. The van der Waals surface area contributed by atoms with E-state index in [2.05, 4.69) is 10.2 Å². The van der Waals surface area contributed by atoms with E-state index in [1.807, 2.05) is 54.8 Å². The highest BCUT2D eigenvalue weighted by Crippen LogP contribution is 2.20. The SMILES string of the molecule is CCN(CC)C(=O)C1CCCN1CC(=O)N1CCC(NC(=O)c2ccccc2C)CC1. The smallest absolute Gasteiger partial charge is 0.251 e. The fourth-order valence-corrected chi connectivity index (χ4v) is 4.68. The molecule has 0 radical (unpaired) electrons. The Hall–Kier alpha value is -2.41. The number of nitrogens with zero attached hydrogens (tertiary/aromatic N) is 3. The van der Waals surface area contributed by atoms with Crippen LogP contribution in [0.3, 0.4) is 0 Å². The number of hydrogen-bond donors (Lipinski definition) is 1. The monoisotopic (exact) mass is 428 g/mol. The lowest BCUT2D eigenvalue weighted by Gasteiger charge is -2.34. The van der Waals surface area contributed by atoms with Gasteiger partial charge in [0.15, 0.2) is 0 Å². The van der Waals surface area contributed by atoms with Crippen molar-refractivity contribution in [2.24, 2.45) is 0 Å². The second kappa shape index (κ2) is 10.8. The first-order chi connectivity index (χ1) is 14.9. The first-order valence-corrected chi connectivity index (χ1v) is 11.6. The number of piperidine rings is 1. The normalized spacial score (nSPS) is 20.0. The molecule has 1 aromatic rings. The third-order valence-electron chi connectivity index (χ3n) is 6.63. The molecule has 0 spiro atoms. The predicted octanol–water partition coefficient (Wildman–Crippen LogP) is 2.05. The number of likely N-dealkylation sites (tertiary alicyclic amines) is 2. The molecule has 1 N–H and O–H groups in total. The van der Waals surface area contributed by atoms with Gasteiger partial charge >= 0.3 is 0 Å². The van der Waals surface area contributed by atoms with E-state index in [0.717, 1.165) is 37.8 Å². The fourth-order valence-electron chi connectivity index (χ4n) is 4.68. The Bertz CT molecular complexity index is 785. The van der Waals surface area contributed by atoms with Crippen LogP contribution >= 0.6 is 0 Å². The number of aryl methyl sites for hydroxylation is 1. The van der Waals surface area contributed by atoms with E-state index >= 15 is 0 Å². The molecule has 0 aromatic heterocycles. The molecular formula is C24H36N4O3. The summed E-state index contributed by atoms with van der Waals surface area (Å²) in [7, 11) is 0. The average Bonchev–Trinajstić information content (AvgIpc) is 3.23. The van der Waals surface area contributed by atoms with Gasteiger partial charge < -0.3 is 15.1 Å². The van der Waals surface area contributed by atoms with Crippen LogP contribution < -0.4 is 5.32 Å². The first kappa shape index (κ1) is 23.3. The molecule has 2 aliphatic rings. The molecule has 0 bridgehead atoms. The third-order valence-corrected chi connectivity index (χ3v) is 6.63. The number of carbonyl (C=O) groups excluding carboxylic acids is 3. The standard InChI is InChI=1S/C24H36N4O3/c1-4-26(5-2)24(31)21-11-8-14-28(21)17-22(29)27-15-12-19(13-16-27)25-23(30)20-10-7-6-9-18(20)3/h6-7,9-10,19,21H,4-5,8,11-17H2,1-3H3,(H,25,30). The van der Waals surface area contributed by atoms with Gasteiger partial charge in [-0.2, -0.15) is 0 Å². The van der Waals surface area contributed by atoms with Crippen molar-refractivity contribution in [2.75, 3.05) is 39.3 Å². The van der Waals surface area contributed by atoms with Gasteiger partial charge in [-0.05, 0) is 64.6 Å². The molecule has 1 atom stereocenters. The summed E-state index contributed by atoms with van der Waals surface area (Å²) >= 11 is 0. The van der Waals surface area contributed by atoms with E-state index < -0.39 is 0 Å². The minimum absolute atomic E-state index is 0.0438. The summed E-state index contributed by atoms with van der Waals surface area (Å²) in [4.78, 5) is 44.0. The number of carbonyl (C=O) groups is 3. The summed E-state index contributed by atoms with van der Waals surface area (Å²) < 4.78 is 0. The van der Waals surface area contributed by atoms with Gasteiger partial charge in [-0.25, -0.2) is 0 Å². The van der Waals surface area contributed by atoms with Gasteiger partial charge in [0.05, 0.1) is 12.6 Å². The molecule has 2 saturated heterocycles. The van der Waals surface area contributed by atoms with E-state index in [1.165, 1.54) is 0 Å². The first-order valence-electron chi connectivity index (χ1n) is 11.6. The van der Waals surface area contributed by atoms with Crippen LogP contribution in [0.5, 0.6) is 0 Å². The van der Waals surface area contributed by atoms with Crippen LogP contribution in [0.15, 0.2) is 24.3 Å². The molecule has 170 valence electrons. The summed E-state index contributed by atoms with van der Waals surface area (Å²) in [6.45, 7) is 9.71. The summed E-state index contributed by atoms with van der Waals surface area (Å²) in [5, 5.41) is 3.12. The Morgan fingerprint density at radius 3 is 2.35 bits per heavy atom. The summed E-state index contributed by atoms with van der Waals surface area (Å²) in [5.74, 6) is 0.188. The number of hydrogen-bond acceptors (Lipinski definition) is 4. The molecule has 2 heterocycles. The van der Waals surface area contributed by atoms with E-state index in [-0.39, 0.29) is 29.8 Å². The van der Waals surface area contributed by atoms with Crippen molar-refractivity contribution >= 4 is 17.7 Å². The Morgan fingerprint density at radius 2 is 1.71 bits per heavy atom. The van der Waals surface area contributed by atoms with Gasteiger partial charge in [0, 0.05) is 37.8 Å². The highest BCUT2D eigenvalue weighted by molar-refractivity contribution is 5.95. The summed E-state index contributed by atoms with van der Waals surface area (Å²) in [6.07, 6.45) is 3.30. The zero-order chi connectivity index (χ0) is 22.4.